The molecule has 6 heteroatoms. The number of fused-ring (bicyclic) bond motifs is 1. The fourth-order valence-corrected chi connectivity index (χ4v) is 3.07. The normalized spacial score (nSPS) is 19.7. The number of H-pyrrole nitrogens is 1. The van der Waals surface area contributed by atoms with Crippen LogP contribution in [0, 0.1) is 6.92 Å². The number of hydrogen-bond acceptors (Lipinski definition) is 4. The van der Waals surface area contributed by atoms with Crippen LogP contribution in [-0.2, 0) is 9.59 Å². The molecule has 1 fully saturated rings. The number of imidazole rings is 1. The van der Waals surface area contributed by atoms with Gasteiger partial charge in [0, 0.05) is 6.42 Å². The molecular weight excluding hydrogens is 262 g/mol. The number of thioether (sulfide) groups is 1. The van der Waals surface area contributed by atoms with Crippen molar-refractivity contribution in [3.05, 3.63) is 23.8 Å². The molecule has 2 aromatic rings. The van der Waals surface area contributed by atoms with Crippen LogP contribution in [0.15, 0.2) is 23.4 Å². The molecule has 0 radical (unpaired) electrons. The number of piperidine rings is 1. The van der Waals surface area contributed by atoms with E-state index in [1.807, 2.05) is 25.1 Å². The Morgan fingerprint density at radius 3 is 3.00 bits per heavy atom. The van der Waals surface area contributed by atoms with Gasteiger partial charge < -0.3 is 4.98 Å². The average molecular weight is 275 g/mol. The molecule has 2 heterocycles. The maximum absolute atomic E-state index is 11.7. The number of carbonyl (C=O) groups excluding carboxylic acids is 2. The van der Waals surface area contributed by atoms with Crippen LogP contribution in [0.4, 0.5) is 0 Å². The van der Waals surface area contributed by atoms with Crippen molar-refractivity contribution in [2.75, 3.05) is 0 Å². The Hall–Kier alpha value is -1.82. The number of aromatic amines is 1. The van der Waals surface area contributed by atoms with E-state index in [2.05, 4.69) is 15.3 Å². The summed E-state index contributed by atoms with van der Waals surface area (Å²) in [5.41, 5.74) is 3.02. The van der Waals surface area contributed by atoms with Gasteiger partial charge >= 0.3 is 0 Å². The van der Waals surface area contributed by atoms with E-state index >= 15 is 0 Å². The van der Waals surface area contributed by atoms with Crippen molar-refractivity contribution in [1.29, 1.82) is 0 Å². The Morgan fingerprint density at radius 1 is 1.37 bits per heavy atom. The molecular formula is C13H13N3O2S. The third-order valence-electron chi connectivity index (χ3n) is 3.06. The number of aromatic nitrogens is 2. The topological polar surface area (TPSA) is 74.8 Å². The maximum Gasteiger partial charge on any atom is 0.240 e. The Balaban J connectivity index is 1.81. The summed E-state index contributed by atoms with van der Waals surface area (Å²) in [5.74, 6) is -0.417. The molecule has 2 N–H and O–H groups in total. The lowest BCUT2D eigenvalue weighted by atomic mass is 10.1. The minimum atomic E-state index is -0.251. The van der Waals surface area contributed by atoms with Gasteiger partial charge in [0.2, 0.25) is 11.8 Å². The number of carbonyl (C=O) groups is 2. The van der Waals surface area contributed by atoms with Crippen LogP contribution in [0.2, 0.25) is 0 Å². The van der Waals surface area contributed by atoms with Crippen LogP contribution >= 0.6 is 11.8 Å². The molecule has 1 aromatic carbocycles. The second-order valence-corrected chi connectivity index (χ2v) is 5.81. The van der Waals surface area contributed by atoms with Gasteiger partial charge in [0.05, 0.1) is 16.3 Å². The first kappa shape index (κ1) is 12.2. The number of hydrogen-bond donors (Lipinski definition) is 2. The lowest BCUT2D eigenvalue weighted by Gasteiger charge is -2.18. The summed E-state index contributed by atoms with van der Waals surface area (Å²) in [6.45, 7) is 2.02. The monoisotopic (exact) mass is 275 g/mol. The summed E-state index contributed by atoms with van der Waals surface area (Å²) < 4.78 is 0. The fraction of sp³-hybridized carbons (Fsp3) is 0.308. The van der Waals surface area contributed by atoms with Gasteiger partial charge in [-0.3, -0.25) is 14.9 Å². The Bertz CT molecular complexity index is 665. The summed E-state index contributed by atoms with van der Waals surface area (Å²) in [4.78, 5) is 30.4. The predicted octanol–water partition coefficient (Wildman–Crippen LogP) is 1.77. The molecule has 0 bridgehead atoms. The molecule has 1 aliphatic heterocycles. The summed E-state index contributed by atoms with van der Waals surface area (Å²) in [6.07, 6.45) is 0.953. The first-order valence-corrected chi connectivity index (χ1v) is 6.96. The number of benzene rings is 1. The first-order valence-electron chi connectivity index (χ1n) is 6.08. The predicted molar refractivity (Wildman–Crippen MR) is 72.9 cm³/mol. The molecule has 98 valence electrons. The third-order valence-corrected chi connectivity index (χ3v) is 4.21. The second kappa shape index (κ2) is 4.70. The molecule has 3 rings (SSSR count). The highest BCUT2D eigenvalue weighted by atomic mass is 32.2. The smallest absolute Gasteiger partial charge is 0.240 e. The zero-order valence-electron chi connectivity index (χ0n) is 10.4. The van der Waals surface area contributed by atoms with E-state index in [1.165, 1.54) is 11.8 Å². The average Bonchev–Trinajstić information content (AvgIpc) is 2.74. The molecule has 19 heavy (non-hydrogen) atoms. The second-order valence-electron chi connectivity index (χ2n) is 4.62. The van der Waals surface area contributed by atoms with Crippen molar-refractivity contribution in [2.45, 2.75) is 30.2 Å². The van der Waals surface area contributed by atoms with Crippen LogP contribution < -0.4 is 5.32 Å². The molecule has 1 unspecified atom stereocenters. The highest BCUT2D eigenvalue weighted by molar-refractivity contribution is 8.00. The van der Waals surface area contributed by atoms with E-state index < -0.39 is 0 Å². The summed E-state index contributed by atoms with van der Waals surface area (Å²) in [6, 6.07) is 5.98. The minimum Gasteiger partial charge on any atom is -0.333 e. The quantitative estimate of drug-likeness (QED) is 0.819. The standard InChI is InChI=1S/C13H13N3O2S/c1-7-2-3-8-9(6-7)15-13(14-8)19-10-4-5-11(17)16-12(10)18/h2-3,6,10H,4-5H2,1H3,(H,14,15)(H,16,17,18). The number of aryl methyl sites for hydroxylation is 1. The molecule has 5 nitrogen and oxygen atoms in total. The van der Waals surface area contributed by atoms with E-state index in [9.17, 15) is 9.59 Å². The maximum atomic E-state index is 11.7. The molecule has 1 aromatic heterocycles. The van der Waals surface area contributed by atoms with E-state index in [1.54, 1.807) is 0 Å². The van der Waals surface area contributed by atoms with Gasteiger partial charge in [-0.1, -0.05) is 17.8 Å². The van der Waals surface area contributed by atoms with Crippen LogP contribution in [0.1, 0.15) is 18.4 Å². The SMILES string of the molecule is Cc1ccc2nc(SC3CCC(=O)NC3=O)[nH]c2c1. The van der Waals surface area contributed by atoms with Crippen molar-refractivity contribution in [3.63, 3.8) is 0 Å². The van der Waals surface area contributed by atoms with Gasteiger partial charge in [-0.05, 0) is 31.0 Å². The molecule has 0 aliphatic carbocycles. The van der Waals surface area contributed by atoms with Gasteiger partial charge in [-0.2, -0.15) is 0 Å². The molecule has 0 spiro atoms. The minimum absolute atomic E-state index is 0.193. The van der Waals surface area contributed by atoms with Crippen molar-refractivity contribution in [2.24, 2.45) is 0 Å². The molecule has 1 aliphatic rings. The largest absolute Gasteiger partial charge is 0.333 e. The molecule has 0 saturated carbocycles. The van der Waals surface area contributed by atoms with Crippen LogP contribution in [0.5, 0.6) is 0 Å². The third kappa shape index (κ3) is 2.49. The lowest BCUT2D eigenvalue weighted by Crippen LogP contribution is -2.42. The Labute approximate surface area is 114 Å². The van der Waals surface area contributed by atoms with Gasteiger partial charge in [-0.25, -0.2) is 4.98 Å². The molecule has 2 amide bonds. The van der Waals surface area contributed by atoms with E-state index in [-0.39, 0.29) is 17.1 Å². The van der Waals surface area contributed by atoms with Crippen molar-refractivity contribution < 1.29 is 9.59 Å². The zero-order chi connectivity index (χ0) is 13.4. The summed E-state index contributed by atoms with van der Waals surface area (Å²) >= 11 is 1.38. The van der Waals surface area contributed by atoms with Crippen molar-refractivity contribution >= 4 is 34.6 Å². The highest BCUT2D eigenvalue weighted by Gasteiger charge is 2.28. The Morgan fingerprint density at radius 2 is 2.21 bits per heavy atom. The zero-order valence-corrected chi connectivity index (χ0v) is 11.2. The van der Waals surface area contributed by atoms with Crippen LogP contribution in [-0.4, -0.2) is 27.0 Å². The van der Waals surface area contributed by atoms with Gasteiger partial charge in [0.25, 0.3) is 0 Å². The lowest BCUT2D eigenvalue weighted by molar-refractivity contribution is -0.132. The van der Waals surface area contributed by atoms with Crippen molar-refractivity contribution in [1.82, 2.24) is 15.3 Å². The fourth-order valence-electron chi connectivity index (χ4n) is 2.08. The highest BCUT2D eigenvalue weighted by Crippen LogP contribution is 2.28. The van der Waals surface area contributed by atoms with E-state index in [4.69, 9.17) is 0 Å². The van der Waals surface area contributed by atoms with Crippen LogP contribution in [0.3, 0.4) is 0 Å². The summed E-state index contributed by atoms with van der Waals surface area (Å²) in [5, 5.41) is 2.82. The van der Waals surface area contributed by atoms with E-state index in [0.717, 1.165) is 21.8 Å². The van der Waals surface area contributed by atoms with Gasteiger partial charge in [-0.15, -0.1) is 0 Å². The number of rotatable bonds is 2. The Kier molecular flexibility index (Phi) is 3.02. The van der Waals surface area contributed by atoms with Crippen molar-refractivity contribution in [3.8, 4) is 0 Å². The number of amides is 2. The van der Waals surface area contributed by atoms with Crippen LogP contribution in [0.25, 0.3) is 11.0 Å². The van der Waals surface area contributed by atoms with Gasteiger partial charge in [0.15, 0.2) is 5.16 Å². The van der Waals surface area contributed by atoms with E-state index in [0.29, 0.717) is 12.8 Å². The first-order chi connectivity index (χ1) is 9.11. The number of nitrogens with one attached hydrogen (secondary N) is 2. The molecule has 1 atom stereocenters. The number of nitrogens with zero attached hydrogens (tertiary/aromatic N) is 1. The number of imide groups is 1. The summed E-state index contributed by atoms with van der Waals surface area (Å²) in [7, 11) is 0. The molecule has 1 saturated heterocycles. The van der Waals surface area contributed by atoms with Gasteiger partial charge in [0.1, 0.15) is 0 Å².